The Labute approximate surface area is 177 Å². The summed E-state index contributed by atoms with van der Waals surface area (Å²) in [5, 5.41) is 15.4. The van der Waals surface area contributed by atoms with E-state index in [4.69, 9.17) is 4.52 Å². The number of benzene rings is 2. The van der Waals surface area contributed by atoms with Gasteiger partial charge in [0, 0.05) is 46.1 Å². The molecular formula is C23H19N5OS. The van der Waals surface area contributed by atoms with Crippen LogP contribution in [0, 0.1) is 0 Å². The summed E-state index contributed by atoms with van der Waals surface area (Å²) >= 11 is 1.66. The number of hydrogen-bond acceptors (Lipinski definition) is 5. The van der Waals surface area contributed by atoms with Crippen LogP contribution >= 0.6 is 11.8 Å². The predicted octanol–water partition coefficient (Wildman–Crippen LogP) is 5.71. The first kappa shape index (κ1) is 17.5. The molecule has 1 saturated carbocycles. The van der Waals surface area contributed by atoms with E-state index in [-0.39, 0.29) is 0 Å². The van der Waals surface area contributed by atoms with E-state index >= 15 is 0 Å². The van der Waals surface area contributed by atoms with E-state index < -0.39 is 0 Å². The molecule has 30 heavy (non-hydrogen) atoms. The van der Waals surface area contributed by atoms with E-state index in [9.17, 15) is 0 Å². The minimum Gasteiger partial charge on any atom is -0.360 e. The summed E-state index contributed by atoms with van der Waals surface area (Å²) in [7, 11) is 0. The van der Waals surface area contributed by atoms with E-state index in [1.165, 1.54) is 18.2 Å². The zero-order valence-electron chi connectivity index (χ0n) is 16.2. The first-order chi connectivity index (χ1) is 14.9. The summed E-state index contributed by atoms with van der Waals surface area (Å²) in [4.78, 5) is 3.35. The molecule has 0 bridgehead atoms. The Morgan fingerprint density at radius 3 is 2.73 bits per heavy atom. The van der Waals surface area contributed by atoms with Gasteiger partial charge in [-0.2, -0.15) is 0 Å². The molecule has 6 rings (SSSR count). The summed E-state index contributed by atoms with van der Waals surface area (Å²) in [6.45, 7) is 0. The molecule has 0 aliphatic heterocycles. The van der Waals surface area contributed by atoms with Gasteiger partial charge in [0.1, 0.15) is 0 Å². The highest BCUT2D eigenvalue weighted by molar-refractivity contribution is 7.98. The lowest BCUT2D eigenvalue weighted by atomic mass is 10.1. The number of thioether (sulfide) groups is 1. The van der Waals surface area contributed by atoms with Crippen LogP contribution in [0.3, 0.4) is 0 Å². The standard InChI is InChI=1S/C23H19N5OS/c1-2-6-15(7-3-1)21-12-16(27-29-21)14-30-23-26-25-22(28(23)17-10-11-17)19-13-24-20-9-5-4-8-18(19)20/h1-9,12-13,17,24H,10-11,14H2. The number of aromatic amines is 1. The van der Waals surface area contributed by atoms with Crippen molar-refractivity contribution >= 4 is 22.7 Å². The maximum Gasteiger partial charge on any atom is 0.192 e. The van der Waals surface area contributed by atoms with Crippen molar-refractivity contribution in [2.24, 2.45) is 0 Å². The molecule has 148 valence electrons. The molecule has 0 saturated heterocycles. The maximum atomic E-state index is 5.53. The zero-order chi connectivity index (χ0) is 19.9. The Kier molecular flexibility index (Phi) is 4.19. The Morgan fingerprint density at radius 2 is 1.87 bits per heavy atom. The maximum absolute atomic E-state index is 5.53. The largest absolute Gasteiger partial charge is 0.360 e. The van der Waals surface area contributed by atoms with Gasteiger partial charge in [-0.05, 0) is 18.9 Å². The van der Waals surface area contributed by atoms with Crippen LogP contribution in [0.4, 0.5) is 0 Å². The lowest BCUT2D eigenvalue weighted by Gasteiger charge is -2.07. The predicted molar refractivity (Wildman–Crippen MR) is 117 cm³/mol. The average Bonchev–Trinajstić information content (AvgIpc) is 3.19. The molecule has 0 radical (unpaired) electrons. The Morgan fingerprint density at radius 1 is 1.03 bits per heavy atom. The van der Waals surface area contributed by atoms with Crippen molar-refractivity contribution in [3.05, 3.63) is 72.6 Å². The summed E-state index contributed by atoms with van der Waals surface area (Å²) in [5.41, 5.74) is 4.15. The molecule has 5 aromatic rings. The molecule has 0 unspecified atom stereocenters. The van der Waals surface area contributed by atoms with Crippen molar-refractivity contribution in [3.63, 3.8) is 0 Å². The van der Waals surface area contributed by atoms with Crippen LogP contribution in [0.15, 0.2) is 76.5 Å². The number of fused-ring (bicyclic) bond motifs is 1. The number of nitrogens with zero attached hydrogens (tertiary/aromatic N) is 4. The molecule has 1 aliphatic carbocycles. The smallest absolute Gasteiger partial charge is 0.192 e. The monoisotopic (exact) mass is 413 g/mol. The van der Waals surface area contributed by atoms with Gasteiger partial charge in [-0.25, -0.2) is 0 Å². The molecule has 3 aromatic heterocycles. The molecule has 1 aliphatic rings. The number of aromatic nitrogens is 5. The van der Waals surface area contributed by atoms with Gasteiger partial charge in [0.2, 0.25) is 0 Å². The SMILES string of the molecule is c1ccc(-c2cc(CSc3nnc(-c4c[nH]c5ccccc45)n3C3CC3)no2)cc1. The zero-order valence-corrected chi connectivity index (χ0v) is 17.0. The molecule has 7 heteroatoms. The molecule has 1 fully saturated rings. The van der Waals surface area contributed by atoms with E-state index in [2.05, 4.69) is 43.1 Å². The normalized spacial score (nSPS) is 13.9. The average molecular weight is 414 g/mol. The lowest BCUT2D eigenvalue weighted by molar-refractivity contribution is 0.426. The van der Waals surface area contributed by atoms with Crippen LogP contribution in [0.5, 0.6) is 0 Å². The third kappa shape index (κ3) is 3.11. The fraction of sp³-hybridized carbons (Fsp3) is 0.174. The quantitative estimate of drug-likeness (QED) is 0.361. The van der Waals surface area contributed by atoms with E-state index in [1.54, 1.807) is 11.8 Å². The third-order valence-electron chi connectivity index (χ3n) is 5.37. The molecule has 0 amide bonds. The first-order valence-electron chi connectivity index (χ1n) is 10.0. The first-order valence-corrected chi connectivity index (χ1v) is 11.0. The summed E-state index contributed by atoms with van der Waals surface area (Å²) in [6, 6.07) is 20.8. The number of hydrogen-bond donors (Lipinski definition) is 1. The summed E-state index contributed by atoms with van der Waals surface area (Å²) < 4.78 is 7.82. The van der Waals surface area contributed by atoms with Gasteiger partial charge in [-0.3, -0.25) is 4.57 Å². The number of nitrogens with one attached hydrogen (secondary N) is 1. The minimum atomic E-state index is 0.475. The van der Waals surface area contributed by atoms with Crippen molar-refractivity contribution in [2.45, 2.75) is 29.8 Å². The van der Waals surface area contributed by atoms with E-state index in [0.717, 1.165) is 39.1 Å². The number of para-hydroxylation sites is 1. The van der Waals surface area contributed by atoms with E-state index in [1.807, 2.05) is 48.7 Å². The van der Waals surface area contributed by atoms with Crippen LogP contribution in [0.1, 0.15) is 24.6 Å². The molecule has 0 atom stereocenters. The minimum absolute atomic E-state index is 0.475. The van der Waals surface area contributed by atoms with Gasteiger partial charge in [0.15, 0.2) is 16.7 Å². The number of rotatable bonds is 6. The van der Waals surface area contributed by atoms with Crippen LogP contribution in [0.2, 0.25) is 0 Å². The van der Waals surface area contributed by atoms with Gasteiger partial charge in [0.05, 0.1) is 5.69 Å². The topological polar surface area (TPSA) is 72.5 Å². The molecule has 0 spiro atoms. The van der Waals surface area contributed by atoms with Crippen molar-refractivity contribution < 1.29 is 4.52 Å². The summed E-state index contributed by atoms with van der Waals surface area (Å²) in [6.07, 6.45) is 4.37. The highest BCUT2D eigenvalue weighted by Crippen LogP contribution is 2.42. The molecular weight excluding hydrogens is 394 g/mol. The van der Waals surface area contributed by atoms with Crippen molar-refractivity contribution in [1.29, 1.82) is 0 Å². The fourth-order valence-electron chi connectivity index (χ4n) is 3.73. The Balaban J connectivity index is 1.28. The molecule has 1 N–H and O–H groups in total. The van der Waals surface area contributed by atoms with E-state index in [0.29, 0.717) is 11.8 Å². The van der Waals surface area contributed by atoms with Crippen molar-refractivity contribution in [1.82, 2.24) is 24.9 Å². The van der Waals surface area contributed by atoms with Gasteiger partial charge in [-0.1, -0.05) is 65.4 Å². The van der Waals surface area contributed by atoms with Crippen LogP contribution in [0.25, 0.3) is 33.6 Å². The van der Waals surface area contributed by atoms with Gasteiger partial charge in [-0.15, -0.1) is 10.2 Å². The lowest BCUT2D eigenvalue weighted by Crippen LogP contribution is -1.99. The van der Waals surface area contributed by atoms with Crippen molar-refractivity contribution in [2.75, 3.05) is 0 Å². The Hall–Kier alpha value is -3.32. The highest BCUT2D eigenvalue weighted by Gasteiger charge is 2.31. The van der Waals surface area contributed by atoms with Gasteiger partial charge in [0.25, 0.3) is 0 Å². The molecule has 3 heterocycles. The number of H-pyrrole nitrogens is 1. The van der Waals surface area contributed by atoms with Crippen LogP contribution in [-0.2, 0) is 5.75 Å². The second kappa shape index (κ2) is 7.18. The highest BCUT2D eigenvalue weighted by atomic mass is 32.2. The van der Waals surface area contributed by atoms with Crippen molar-refractivity contribution in [3.8, 4) is 22.7 Å². The molecule has 6 nitrogen and oxygen atoms in total. The summed E-state index contributed by atoms with van der Waals surface area (Å²) in [5.74, 6) is 2.41. The fourth-order valence-corrected chi connectivity index (χ4v) is 4.62. The van der Waals surface area contributed by atoms with Crippen LogP contribution in [-0.4, -0.2) is 24.9 Å². The van der Waals surface area contributed by atoms with Crippen LogP contribution < -0.4 is 0 Å². The second-order valence-corrected chi connectivity index (χ2v) is 8.43. The Bertz CT molecular complexity index is 1320. The molecule has 2 aromatic carbocycles. The second-order valence-electron chi connectivity index (χ2n) is 7.49. The third-order valence-corrected chi connectivity index (χ3v) is 6.35. The van der Waals surface area contributed by atoms with Gasteiger partial charge < -0.3 is 9.51 Å². The van der Waals surface area contributed by atoms with Gasteiger partial charge >= 0.3 is 0 Å².